The summed E-state index contributed by atoms with van der Waals surface area (Å²) in [6.45, 7) is 5.08. The molecule has 0 saturated carbocycles. The first-order valence-corrected chi connectivity index (χ1v) is 8.26. The molecule has 2 aromatic carbocycles. The fourth-order valence-corrected chi connectivity index (χ4v) is 2.79. The number of rotatable bonds is 4. The Morgan fingerprint density at radius 3 is 2.52 bits per heavy atom. The van der Waals surface area contributed by atoms with E-state index in [0.717, 1.165) is 28.8 Å². The molecule has 4 heteroatoms. The van der Waals surface area contributed by atoms with Crippen molar-refractivity contribution in [2.24, 2.45) is 0 Å². The van der Waals surface area contributed by atoms with E-state index in [4.69, 9.17) is 23.2 Å². The van der Waals surface area contributed by atoms with Crippen molar-refractivity contribution >= 4 is 39.9 Å². The zero-order valence-corrected chi connectivity index (χ0v) is 14.6. The Labute approximate surface area is 146 Å². The average Bonchev–Trinajstić information content (AvgIpc) is 2.55. The lowest BCUT2D eigenvalue weighted by Gasteiger charge is -2.26. The number of nitrogens with zero attached hydrogens (tertiary/aromatic N) is 1. The molecule has 0 spiro atoms. The van der Waals surface area contributed by atoms with Crippen LogP contribution in [-0.2, 0) is 5.41 Å². The highest BCUT2D eigenvalue weighted by atomic mass is 35.5. The third kappa shape index (κ3) is 3.60. The molecule has 0 aliphatic carbocycles. The van der Waals surface area contributed by atoms with Gasteiger partial charge in [0.1, 0.15) is 5.82 Å². The van der Waals surface area contributed by atoms with Gasteiger partial charge >= 0.3 is 0 Å². The van der Waals surface area contributed by atoms with Crippen LogP contribution in [0.1, 0.15) is 19.4 Å². The minimum absolute atomic E-state index is 0.0957. The number of benzene rings is 2. The molecule has 23 heavy (non-hydrogen) atoms. The van der Waals surface area contributed by atoms with Gasteiger partial charge in [0.05, 0.1) is 15.6 Å². The van der Waals surface area contributed by atoms with Crippen LogP contribution in [0.3, 0.4) is 0 Å². The molecule has 0 unspecified atom stereocenters. The topological polar surface area (TPSA) is 24.9 Å². The van der Waals surface area contributed by atoms with Crippen LogP contribution in [0.25, 0.3) is 10.9 Å². The van der Waals surface area contributed by atoms with Crippen LogP contribution in [0.2, 0.25) is 10.0 Å². The van der Waals surface area contributed by atoms with Gasteiger partial charge < -0.3 is 5.32 Å². The van der Waals surface area contributed by atoms with Gasteiger partial charge in [-0.25, -0.2) is 4.98 Å². The molecule has 118 valence electrons. The summed E-state index contributed by atoms with van der Waals surface area (Å²) >= 11 is 12.1. The van der Waals surface area contributed by atoms with Crippen molar-refractivity contribution in [3.63, 3.8) is 0 Å². The van der Waals surface area contributed by atoms with Crippen LogP contribution in [0.4, 0.5) is 5.82 Å². The van der Waals surface area contributed by atoms with E-state index in [1.54, 1.807) is 0 Å². The van der Waals surface area contributed by atoms with Gasteiger partial charge in [0.25, 0.3) is 0 Å². The molecular formula is C19H18Cl2N2. The molecule has 0 bridgehead atoms. The van der Waals surface area contributed by atoms with E-state index in [1.807, 2.05) is 42.5 Å². The van der Waals surface area contributed by atoms with E-state index < -0.39 is 0 Å². The zero-order valence-electron chi connectivity index (χ0n) is 13.1. The summed E-state index contributed by atoms with van der Waals surface area (Å²) in [7, 11) is 0. The molecule has 1 N–H and O–H groups in total. The average molecular weight is 345 g/mol. The predicted molar refractivity (Wildman–Crippen MR) is 99.7 cm³/mol. The molecule has 0 atom stereocenters. The maximum Gasteiger partial charge on any atom is 0.126 e. The van der Waals surface area contributed by atoms with E-state index in [1.165, 1.54) is 0 Å². The first kappa shape index (κ1) is 16.1. The van der Waals surface area contributed by atoms with E-state index >= 15 is 0 Å². The van der Waals surface area contributed by atoms with Crippen LogP contribution < -0.4 is 5.32 Å². The first-order chi connectivity index (χ1) is 11.0. The Morgan fingerprint density at radius 2 is 1.74 bits per heavy atom. The summed E-state index contributed by atoms with van der Waals surface area (Å²) in [5.74, 6) is 0.872. The Balaban J connectivity index is 1.78. The molecule has 0 aliphatic rings. The van der Waals surface area contributed by atoms with Crippen molar-refractivity contribution in [3.8, 4) is 0 Å². The van der Waals surface area contributed by atoms with Crippen LogP contribution >= 0.6 is 23.2 Å². The van der Waals surface area contributed by atoms with E-state index in [-0.39, 0.29) is 5.41 Å². The van der Waals surface area contributed by atoms with Crippen molar-refractivity contribution in [3.05, 3.63) is 70.2 Å². The quantitative estimate of drug-likeness (QED) is 0.634. The molecule has 0 radical (unpaired) electrons. The molecule has 0 saturated heterocycles. The summed E-state index contributed by atoms with van der Waals surface area (Å²) < 4.78 is 0. The molecule has 1 aromatic heterocycles. The third-order valence-corrected chi connectivity index (χ3v) is 4.75. The van der Waals surface area contributed by atoms with Gasteiger partial charge in [-0.15, -0.1) is 0 Å². The Morgan fingerprint density at radius 1 is 0.957 bits per heavy atom. The van der Waals surface area contributed by atoms with Gasteiger partial charge in [-0.1, -0.05) is 61.3 Å². The van der Waals surface area contributed by atoms with Crippen molar-refractivity contribution in [1.29, 1.82) is 0 Å². The smallest absolute Gasteiger partial charge is 0.126 e. The summed E-state index contributed by atoms with van der Waals surface area (Å²) in [6, 6.07) is 18.0. The van der Waals surface area contributed by atoms with Gasteiger partial charge in [-0.3, -0.25) is 0 Å². The number of halogens is 2. The minimum atomic E-state index is -0.0957. The highest BCUT2D eigenvalue weighted by molar-refractivity contribution is 6.42. The monoisotopic (exact) mass is 344 g/mol. The number of para-hydroxylation sites is 1. The molecule has 3 rings (SSSR count). The highest BCUT2D eigenvalue weighted by Gasteiger charge is 2.21. The number of hydrogen-bond acceptors (Lipinski definition) is 2. The van der Waals surface area contributed by atoms with Crippen LogP contribution in [0.15, 0.2) is 54.6 Å². The Bertz CT molecular complexity index is 844. The fraction of sp³-hybridized carbons (Fsp3) is 0.211. The fourth-order valence-electron chi connectivity index (χ4n) is 2.50. The standard InChI is InChI=1S/C19H18Cl2N2/c1-19(2,14-8-9-15(20)16(21)11-14)12-22-18-10-7-13-5-3-4-6-17(13)23-18/h3-11H,12H2,1-2H3,(H,22,23). The third-order valence-electron chi connectivity index (χ3n) is 4.01. The number of fused-ring (bicyclic) bond motifs is 1. The maximum atomic E-state index is 6.14. The van der Waals surface area contributed by atoms with Gasteiger partial charge in [0.15, 0.2) is 0 Å². The summed E-state index contributed by atoms with van der Waals surface area (Å²) in [6.07, 6.45) is 0. The predicted octanol–water partition coefficient (Wildman–Crippen LogP) is 5.93. The van der Waals surface area contributed by atoms with Gasteiger partial charge in [-0.05, 0) is 35.9 Å². The number of pyridine rings is 1. The van der Waals surface area contributed by atoms with Gasteiger partial charge in [0.2, 0.25) is 0 Å². The summed E-state index contributed by atoms with van der Waals surface area (Å²) in [4.78, 5) is 4.65. The number of aromatic nitrogens is 1. The Kier molecular flexibility index (Phi) is 4.47. The highest BCUT2D eigenvalue weighted by Crippen LogP contribution is 2.30. The van der Waals surface area contributed by atoms with Crippen molar-refractivity contribution in [1.82, 2.24) is 4.98 Å². The number of hydrogen-bond donors (Lipinski definition) is 1. The largest absolute Gasteiger partial charge is 0.369 e. The van der Waals surface area contributed by atoms with Crippen LogP contribution in [0, 0.1) is 0 Å². The summed E-state index contributed by atoms with van der Waals surface area (Å²) in [5.41, 5.74) is 2.03. The second-order valence-electron chi connectivity index (χ2n) is 6.26. The maximum absolute atomic E-state index is 6.14. The van der Waals surface area contributed by atoms with E-state index in [0.29, 0.717) is 10.0 Å². The van der Waals surface area contributed by atoms with E-state index in [2.05, 4.69) is 36.3 Å². The summed E-state index contributed by atoms with van der Waals surface area (Å²) in [5, 5.41) is 5.73. The first-order valence-electron chi connectivity index (χ1n) is 7.51. The van der Waals surface area contributed by atoms with Crippen LogP contribution in [0.5, 0.6) is 0 Å². The van der Waals surface area contributed by atoms with Crippen molar-refractivity contribution < 1.29 is 0 Å². The second-order valence-corrected chi connectivity index (χ2v) is 7.07. The van der Waals surface area contributed by atoms with Crippen molar-refractivity contribution in [2.75, 3.05) is 11.9 Å². The Hall–Kier alpha value is -1.77. The zero-order chi connectivity index (χ0) is 16.4. The second kappa shape index (κ2) is 6.38. The molecular weight excluding hydrogens is 327 g/mol. The van der Waals surface area contributed by atoms with Gasteiger partial charge in [0, 0.05) is 17.3 Å². The number of anilines is 1. The van der Waals surface area contributed by atoms with Gasteiger partial charge in [-0.2, -0.15) is 0 Å². The molecule has 0 aliphatic heterocycles. The normalized spacial score (nSPS) is 11.7. The SMILES string of the molecule is CC(C)(CNc1ccc2ccccc2n1)c1ccc(Cl)c(Cl)c1. The molecule has 2 nitrogen and oxygen atoms in total. The molecule has 1 heterocycles. The molecule has 0 fully saturated rings. The lowest BCUT2D eigenvalue weighted by Crippen LogP contribution is -2.27. The number of nitrogens with one attached hydrogen (secondary N) is 1. The van der Waals surface area contributed by atoms with Crippen molar-refractivity contribution in [2.45, 2.75) is 19.3 Å². The van der Waals surface area contributed by atoms with Crippen LogP contribution in [-0.4, -0.2) is 11.5 Å². The molecule has 0 amide bonds. The molecule has 3 aromatic rings. The minimum Gasteiger partial charge on any atom is -0.369 e. The van der Waals surface area contributed by atoms with E-state index in [9.17, 15) is 0 Å². The lowest BCUT2D eigenvalue weighted by atomic mass is 9.84. The lowest BCUT2D eigenvalue weighted by molar-refractivity contribution is 0.556.